The molecule has 0 spiro atoms. The van der Waals surface area contributed by atoms with Crippen molar-refractivity contribution in [2.24, 2.45) is 5.73 Å². The molecule has 96 valence electrons. The van der Waals surface area contributed by atoms with Crippen molar-refractivity contribution in [2.45, 2.75) is 6.54 Å². The molecule has 1 aliphatic heterocycles. The summed E-state index contributed by atoms with van der Waals surface area (Å²) in [5.41, 5.74) is 7.05. The van der Waals surface area contributed by atoms with Crippen molar-refractivity contribution in [3.63, 3.8) is 0 Å². The van der Waals surface area contributed by atoms with E-state index >= 15 is 0 Å². The highest BCUT2D eigenvalue weighted by Gasteiger charge is 2.17. The van der Waals surface area contributed by atoms with Crippen LogP contribution in [0.25, 0.3) is 11.0 Å². The maximum absolute atomic E-state index is 5.35. The molecule has 0 amide bonds. The molecule has 2 heterocycles. The molecule has 7 nitrogen and oxygen atoms in total. The Labute approximate surface area is 103 Å². The van der Waals surface area contributed by atoms with E-state index in [1.54, 1.807) is 4.68 Å². The molecule has 0 radical (unpaired) electrons. The third-order valence-corrected chi connectivity index (χ3v) is 2.72. The lowest BCUT2D eigenvalue weighted by Gasteiger charge is -2.03. The highest BCUT2D eigenvalue weighted by atomic mass is 16.7. The summed E-state index contributed by atoms with van der Waals surface area (Å²) in [4.78, 5) is 0. The maximum atomic E-state index is 5.35. The van der Waals surface area contributed by atoms with E-state index < -0.39 is 0 Å². The summed E-state index contributed by atoms with van der Waals surface area (Å²) >= 11 is 0. The number of nitrogens with two attached hydrogens (primary N) is 1. The van der Waals surface area contributed by atoms with Crippen molar-refractivity contribution < 1.29 is 14.2 Å². The van der Waals surface area contributed by atoms with Crippen molar-refractivity contribution in [1.29, 1.82) is 0 Å². The lowest BCUT2D eigenvalue weighted by Crippen LogP contribution is -2.13. The Hall–Kier alpha value is -1.86. The first-order chi connectivity index (χ1) is 8.88. The number of fused-ring (bicyclic) bond motifs is 2. The van der Waals surface area contributed by atoms with Gasteiger partial charge in [-0.1, -0.05) is 5.21 Å². The van der Waals surface area contributed by atoms with Crippen LogP contribution in [0.4, 0.5) is 0 Å². The first-order valence-electron chi connectivity index (χ1n) is 5.79. The zero-order valence-corrected chi connectivity index (χ0v) is 9.83. The molecule has 2 N–H and O–H groups in total. The minimum absolute atomic E-state index is 0.259. The van der Waals surface area contributed by atoms with Crippen LogP contribution in [0.15, 0.2) is 12.1 Å². The Morgan fingerprint density at radius 3 is 2.94 bits per heavy atom. The van der Waals surface area contributed by atoms with Crippen LogP contribution in [-0.4, -0.2) is 41.5 Å². The van der Waals surface area contributed by atoms with Gasteiger partial charge in [0, 0.05) is 18.7 Å². The van der Waals surface area contributed by atoms with Crippen LogP contribution >= 0.6 is 0 Å². The van der Waals surface area contributed by atoms with Gasteiger partial charge in [0.05, 0.1) is 25.3 Å². The molecule has 1 aliphatic rings. The van der Waals surface area contributed by atoms with Crippen LogP contribution in [0.5, 0.6) is 11.5 Å². The fourth-order valence-corrected chi connectivity index (χ4v) is 1.86. The Kier molecular flexibility index (Phi) is 2.99. The van der Waals surface area contributed by atoms with Gasteiger partial charge >= 0.3 is 0 Å². The molecular weight excluding hydrogens is 236 g/mol. The molecule has 0 saturated heterocycles. The smallest absolute Gasteiger partial charge is 0.231 e. The zero-order valence-electron chi connectivity index (χ0n) is 9.83. The van der Waals surface area contributed by atoms with Crippen LogP contribution in [0.1, 0.15) is 0 Å². The number of nitrogens with zero attached hydrogens (tertiary/aromatic N) is 3. The van der Waals surface area contributed by atoms with Crippen molar-refractivity contribution in [1.82, 2.24) is 15.0 Å². The van der Waals surface area contributed by atoms with Gasteiger partial charge in [-0.05, 0) is 0 Å². The summed E-state index contributed by atoms with van der Waals surface area (Å²) in [5, 5.41) is 8.17. The zero-order chi connectivity index (χ0) is 12.4. The normalized spacial score (nSPS) is 13.4. The Bertz CT molecular complexity index is 554. The van der Waals surface area contributed by atoms with Gasteiger partial charge in [-0.2, -0.15) is 0 Å². The lowest BCUT2D eigenvalue weighted by atomic mass is 10.2. The molecule has 0 fully saturated rings. The van der Waals surface area contributed by atoms with E-state index in [9.17, 15) is 0 Å². The fourth-order valence-electron chi connectivity index (χ4n) is 1.86. The number of benzene rings is 1. The van der Waals surface area contributed by atoms with Gasteiger partial charge < -0.3 is 19.9 Å². The van der Waals surface area contributed by atoms with Crippen LogP contribution in [0, 0.1) is 0 Å². The van der Waals surface area contributed by atoms with E-state index in [4.69, 9.17) is 19.9 Å². The Morgan fingerprint density at radius 2 is 2.11 bits per heavy atom. The average molecular weight is 250 g/mol. The molecule has 2 aromatic rings. The number of hydrogen-bond acceptors (Lipinski definition) is 6. The molecule has 0 saturated carbocycles. The monoisotopic (exact) mass is 250 g/mol. The summed E-state index contributed by atoms with van der Waals surface area (Å²) in [7, 11) is 0. The predicted molar refractivity (Wildman–Crippen MR) is 63.5 cm³/mol. The standard InChI is InChI=1S/C11H14N4O3/c12-1-3-16-4-2-15-9-6-11-10(17-7-18-11)5-8(9)13-14-15/h5-6H,1-4,7,12H2. The van der Waals surface area contributed by atoms with Crippen LogP contribution < -0.4 is 15.2 Å². The first kappa shape index (κ1) is 11.2. The highest BCUT2D eigenvalue weighted by molar-refractivity contribution is 5.79. The molecule has 1 aromatic heterocycles. The van der Waals surface area contributed by atoms with E-state index in [1.807, 2.05) is 12.1 Å². The van der Waals surface area contributed by atoms with E-state index in [-0.39, 0.29) is 6.79 Å². The van der Waals surface area contributed by atoms with Crippen molar-refractivity contribution >= 4 is 11.0 Å². The molecule has 18 heavy (non-hydrogen) atoms. The number of ether oxygens (including phenoxy) is 3. The molecular formula is C11H14N4O3. The number of aromatic nitrogens is 3. The number of rotatable bonds is 5. The predicted octanol–water partition coefficient (Wildman–Crippen LogP) is 0.135. The minimum Gasteiger partial charge on any atom is -0.454 e. The quantitative estimate of drug-likeness (QED) is 0.759. The largest absolute Gasteiger partial charge is 0.454 e. The average Bonchev–Trinajstić information content (AvgIpc) is 2.98. The van der Waals surface area contributed by atoms with Crippen LogP contribution in [0.2, 0.25) is 0 Å². The van der Waals surface area contributed by atoms with E-state index in [0.29, 0.717) is 32.1 Å². The second kappa shape index (κ2) is 4.79. The third-order valence-electron chi connectivity index (χ3n) is 2.72. The fraction of sp³-hybridized carbons (Fsp3) is 0.455. The summed E-state index contributed by atoms with van der Waals surface area (Å²) in [5.74, 6) is 1.45. The van der Waals surface area contributed by atoms with Gasteiger partial charge in [0.25, 0.3) is 0 Å². The summed E-state index contributed by atoms with van der Waals surface area (Å²) in [6.07, 6.45) is 0. The van der Waals surface area contributed by atoms with E-state index in [1.165, 1.54) is 0 Å². The van der Waals surface area contributed by atoms with Gasteiger partial charge in [0.15, 0.2) is 11.5 Å². The molecule has 1 aromatic carbocycles. The Morgan fingerprint density at radius 1 is 1.28 bits per heavy atom. The summed E-state index contributed by atoms with van der Waals surface area (Å²) < 4.78 is 17.7. The second-order valence-electron chi connectivity index (χ2n) is 3.91. The molecule has 0 unspecified atom stereocenters. The van der Waals surface area contributed by atoms with Gasteiger partial charge in [0.2, 0.25) is 6.79 Å². The number of hydrogen-bond donors (Lipinski definition) is 1. The molecule has 3 rings (SSSR count). The summed E-state index contributed by atoms with van der Waals surface area (Å²) in [6, 6.07) is 3.72. The topological polar surface area (TPSA) is 84.4 Å². The highest BCUT2D eigenvalue weighted by Crippen LogP contribution is 2.35. The lowest BCUT2D eigenvalue weighted by molar-refractivity contribution is 0.131. The molecule has 0 aliphatic carbocycles. The van der Waals surface area contributed by atoms with Crippen molar-refractivity contribution in [3.8, 4) is 11.5 Å². The van der Waals surface area contributed by atoms with Crippen molar-refractivity contribution in [2.75, 3.05) is 26.6 Å². The molecule has 7 heteroatoms. The minimum atomic E-state index is 0.259. The molecule has 0 bridgehead atoms. The van der Waals surface area contributed by atoms with Crippen LogP contribution in [0.3, 0.4) is 0 Å². The summed E-state index contributed by atoms with van der Waals surface area (Å²) in [6.45, 7) is 2.53. The van der Waals surface area contributed by atoms with Crippen molar-refractivity contribution in [3.05, 3.63) is 12.1 Å². The van der Waals surface area contributed by atoms with Gasteiger partial charge in [0.1, 0.15) is 5.52 Å². The second-order valence-corrected chi connectivity index (χ2v) is 3.91. The molecule has 0 atom stereocenters. The van der Waals surface area contributed by atoms with Crippen LogP contribution in [-0.2, 0) is 11.3 Å². The van der Waals surface area contributed by atoms with Gasteiger partial charge in [-0.15, -0.1) is 5.10 Å². The van der Waals surface area contributed by atoms with Gasteiger partial charge in [-0.25, -0.2) is 4.68 Å². The third kappa shape index (κ3) is 1.98. The van der Waals surface area contributed by atoms with E-state index in [0.717, 1.165) is 16.8 Å². The SMILES string of the molecule is NCCOCCn1nnc2cc3c(cc21)OCO3. The first-order valence-corrected chi connectivity index (χ1v) is 5.79. The van der Waals surface area contributed by atoms with E-state index in [2.05, 4.69) is 10.3 Å². The maximum Gasteiger partial charge on any atom is 0.231 e. The van der Waals surface area contributed by atoms with Gasteiger partial charge in [-0.3, -0.25) is 0 Å². The Balaban J connectivity index is 1.80.